The van der Waals surface area contributed by atoms with Crippen molar-refractivity contribution in [3.63, 3.8) is 0 Å². The molecule has 2 aromatic rings. The number of allylic oxidation sites excluding steroid dienone is 1. The fourth-order valence-electron chi connectivity index (χ4n) is 1.41. The minimum Gasteiger partial charge on any atom is -0.310 e. The van der Waals surface area contributed by atoms with Crippen molar-refractivity contribution < 1.29 is 0 Å². The highest BCUT2D eigenvalue weighted by molar-refractivity contribution is 8.00. The van der Waals surface area contributed by atoms with Gasteiger partial charge in [0, 0.05) is 10.5 Å². The van der Waals surface area contributed by atoms with Crippen LogP contribution >= 0.6 is 23.5 Å². The molecule has 0 spiro atoms. The van der Waals surface area contributed by atoms with E-state index in [0.717, 1.165) is 16.3 Å². The van der Waals surface area contributed by atoms with Crippen molar-refractivity contribution in [3.05, 3.63) is 59.3 Å². The van der Waals surface area contributed by atoms with Gasteiger partial charge in [-0.25, -0.2) is 4.98 Å². The molecule has 1 N–H and O–H groups in total. The Morgan fingerprint density at radius 2 is 1.94 bits per heavy atom. The van der Waals surface area contributed by atoms with E-state index in [4.69, 9.17) is 11.6 Å². The SMILES string of the molecule is C/C=C/c1ccc(NSc2ccccc2)nc1Cl. The largest absolute Gasteiger partial charge is 0.310 e. The molecular formula is C14H13ClN2S. The molecule has 18 heavy (non-hydrogen) atoms. The van der Waals surface area contributed by atoms with E-state index >= 15 is 0 Å². The summed E-state index contributed by atoms with van der Waals surface area (Å²) in [6.07, 6.45) is 3.87. The second-order valence-electron chi connectivity index (χ2n) is 3.59. The van der Waals surface area contributed by atoms with Crippen LogP contribution in [0.3, 0.4) is 0 Å². The average Bonchev–Trinajstić information content (AvgIpc) is 2.41. The van der Waals surface area contributed by atoms with E-state index in [1.165, 1.54) is 11.9 Å². The van der Waals surface area contributed by atoms with Crippen LogP contribution in [0.1, 0.15) is 12.5 Å². The van der Waals surface area contributed by atoms with Crippen molar-refractivity contribution in [2.75, 3.05) is 4.72 Å². The van der Waals surface area contributed by atoms with Gasteiger partial charge in [-0.2, -0.15) is 0 Å². The highest BCUT2D eigenvalue weighted by Gasteiger charge is 2.01. The number of nitrogens with one attached hydrogen (secondary N) is 1. The summed E-state index contributed by atoms with van der Waals surface area (Å²) in [5.41, 5.74) is 0.925. The number of hydrogen-bond acceptors (Lipinski definition) is 3. The number of nitrogens with zero attached hydrogens (tertiary/aromatic N) is 1. The summed E-state index contributed by atoms with van der Waals surface area (Å²) in [5, 5.41) is 0.506. The van der Waals surface area contributed by atoms with Gasteiger partial charge in [0.2, 0.25) is 0 Å². The third kappa shape index (κ3) is 3.52. The van der Waals surface area contributed by atoms with Gasteiger partial charge in [-0.15, -0.1) is 0 Å². The van der Waals surface area contributed by atoms with Crippen LogP contribution in [0.15, 0.2) is 53.4 Å². The molecular weight excluding hydrogens is 264 g/mol. The summed E-state index contributed by atoms with van der Waals surface area (Å²) in [7, 11) is 0. The Hall–Kier alpha value is -1.45. The Balaban J connectivity index is 2.04. The van der Waals surface area contributed by atoms with Gasteiger partial charge in [0.05, 0.1) is 0 Å². The molecule has 0 fully saturated rings. The molecule has 1 heterocycles. The lowest BCUT2D eigenvalue weighted by atomic mass is 10.2. The Bertz CT molecular complexity index is 541. The topological polar surface area (TPSA) is 24.9 Å². The van der Waals surface area contributed by atoms with E-state index in [-0.39, 0.29) is 0 Å². The molecule has 0 radical (unpaired) electrons. The van der Waals surface area contributed by atoms with Crippen molar-refractivity contribution in [1.82, 2.24) is 4.98 Å². The Kier molecular flexibility index (Phi) is 4.67. The maximum Gasteiger partial charge on any atom is 0.138 e. The van der Waals surface area contributed by atoms with Gasteiger partial charge in [0.15, 0.2) is 0 Å². The molecule has 92 valence electrons. The zero-order valence-corrected chi connectivity index (χ0v) is 11.5. The summed E-state index contributed by atoms with van der Waals surface area (Å²) in [6, 6.07) is 13.9. The third-order valence-electron chi connectivity index (χ3n) is 2.24. The fourth-order valence-corrected chi connectivity index (χ4v) is 2.25. The van der Waals surface area contributed by atoms with Crippen LogP contribution in [0.5, 0.6) is 0 Å². The van der Waals surface area contributed by atoms with E-state index in [2.05, 4.69) is 9.71 Å². The van der Waals surface area contributed by atoms with Crippen molar-refractivity contribution >= 4 is 35.4 Å². The lowest BCUT2D eigenvalue weighted by Crippen LogP contribution is -1.91. The second kappa shape index (κ2) is 6.47. The standard InChI is InChI=1S/C14H13ClN2S/c1-2-6-11-9-10-13(16-14(11)15)17-18-12-7-4-3-5-8-12/h2-10H,1H3,(H,16,17)/b6-2+. The molecule has 2 rings (SSSR count). The van der Waals surface area contributed by atoms with Gasteiger partial charge >= 0.3 is 0 Å². The minimum atomic E-state index is 0.506. The van der Waals surface area contributed by atoms with E-state index in [1.807, 2.05) is 61.5 Å². The Morgan fingerprint density at radius 1 is 1.17 bits per heavy atom. The highest BCUT2D eigenvalue weighted by atomic mass is 35.5. The van der Waals surface area contributed by atoms with Crippen LogP contribution in [-0.2, 0) is 0 Å². The van der Waals surface area contributed by atoms with Gasteiger partial charge in [-0.3, -0.25) is 0 Å². The zero-order chi connectivity index (χ0) is 12.8. The minimum absolute atomic E-state index is 0.506. The number of pyridine rings is 1. The zero-order valence-electron chi connectivity index (χ0n) is 9.93. The first-order valence-corrected chi connectivity index (χ1v) is 6.76. The lowest BCUT2D eigenvalue weighted by Gasteiger charge is -2.06. The van der Waals surface area contributed by atoms with Crippen molar-refractivity contribution in [2.45, 2.75) is 11.8 Å². The molecule has 0 saturated carbocycles. The average molecular weight is 277 g/mol. The fraction of sp³-hybridized carbons (Fsp3) is 0.0714. The molecule has 0 atom stereocenters. The van der Waals surface area contributed by atoms with Crippen LogP contribution in [0.4, 0.5) is 5.82 Å². The summed E-state index contributed by atoms with van der Waals surface area (Å²) in [5.74, 6) is 0.752. The van der Waals surface area contributed by atoms with E-state index in [0.29, 0.717) is 5.15 Å². The van der Waals surface area contributed by atoms with Gasteiger partial charge in [0.25, 0.3) is 0 Å². The van der Waals surface area contributed by atoms with Crippen LogP contribution in [0.25, 0.3) is 6.08 Å². The number of anilines is 1. The Morgan fingerprint density at radius 3 is 2.61 bits per heavy atom. The normalized spacial score (nSPS) is 10.8. The molecule has 0 aliphatic rings. The predicted octanol–water partition coefficient (Wildman–Crippen LogP) is 4.89. The Labute approximate surface area is 116 Å². The maximum absolute atomic E-state index is 6.08. The first-order chi connectivity index (χ1) is 8.79. The molecule has 0 aliphatic heterocycles. The number of aromatic nitrogens is 1. The van der Waals surface area contributed by atoms with Gasteiger partial charge < -0.3 is 4.72 Å². The van der Waals surface area contributed by atoms with Crippen molar-refractivity contribution in [1.29, 1.82) is 0 Å². The quantitative estimate of drug-likeness (QED) is 0.636. The smallest absolute Gasteiger partial charge is 0.138 e. The van der Waals surface area contributed by atoms with Gasteiger partial charge in [0.1, 0.15) is 11.0 Å². The molecule has 0 unspecified atom stereocenters. The first kappa shape index (κ1) is 13.0. The van der Waals surface area contributed by atoms with E-state index in [1.54, 1.807) is 0 Å². The number of hydrogen-bond donors (Lipinski definition) is 1. The number of rotatable bonds is 4. The number of benzene rings is 1. The maximum atomic E-state index is 6.08. The summed E-state index contributed by atoms with van der Waals surface area (Å²) >= 11 is 7.59. The van der Waals surface area contributed by atoms with Crippen molar-refractivity contribution in [2.24, 2.45) is 0 Å². The monoisotopic (exact) mass is 276 g/mol. The second-order valence-corrected chi connectivity index (χ2v) is 4.83. The van der Waals surface area contributed by atoms with Crippen LogP contribution in [0, 0.1) is 0 Å². The summed E-state index contributed by atoms with van der Waals surface area (Å²) in [6.45, 7) is 1.95. The molecule has 0 amide bonds. The molecule has 0 saturated heterocycles. The molecule has 1 aromatic heterocycles. The van der Waals surface area contributed by atoms with E-state index < -0.39 is 0 Å². The summed E-state index contributed by atoms with van der Waals surface area (Å²) < 4.78 is 3.17. The van der Waals surface area contributed by atoms with E-state index in [9.17, 15) is 0 Å². The molecule has 0 aliphatic carbocycles. The van der Waals surface area contributed by atoms with Crippen molar-refractivity contribution in [3.8, 4) is 0 Å². The molecule has 1 aromatic carbocycles. The lowest BCUT2D eigenvalue weighted by molar-refractivity contribution is 1.32. The predicted molar refractivity (Wildman–Crippen MR) is 79.9 cm³/mol. The van der Waals surface area contributed by atoms with Crippen LogP contribution in [0.2, 0.25) is 5.15 Å². The third-order valence-corrected chi connectivity index (χ3v) is 3.36. The van der Waals surface area contributed by atoms with Gasteiger partial charge in [-0.05, 0) is 43.1 Å². The first-order valence-electron chi connectivity index (χ1n) is 5.57. The number of halogens is 1. The van der Waals surface area contributed by atoms with Gasteiger partial charge in [-0.1, -0.05) is 42.0 Å². The van der Waals surface area contributed by atoms with Crippen LogP contribution < -0.4 is 4.72 Å². The van der Waals surface area contributed by atoms with Crippen LogP contribution in [-0.4, -0.2) is 4.98 Å². The molecule has 2 nitrogen and oxygen atoms in total. The molecule has 4 heteroatoms. The summed E-state index contributed by atoms with van der Waals surface area (Å²) in [4.78, 5) is 5.42. The highest BCUT2D eigenvalue weighted by Crippen LogP contribution is 2.22. The molecule has 0 bridgehead atoms.